The molecule has 1 atom stereocenters. The maximum atomic E-state index is 12.6. The molecule has 0 aromatic heterocycles. The zero-order chi connectivity index (χ0) is 18.6. The molecule has 0 bridgehead atoms. The standard InChI is InChI=1S/C21H25ClN2O2/c1-21(14-23)9-10-24(15-21)20(25)12-16-5-4-7-18(11-16)26-13-17-6-2-3-8-19(17)22/h2-8,11H,9-10,12-15,23H2,1H3. The quantitative estimate of drug-likeness (QED) is 0.841. The van der Waals surface area contributed by atoms with Gasteiger partial charge in [0.15, 0.2) is 0 Å². The molecule has 0 spiro atoms. The highest BCUT2D eigenvalue weighted by atomic mass is 35.5. The average Bonchev–Trinajstić information content (AvgIpc) is 3.05. The molecule has 2 N–H and O–H groups in total. The Kier molecular flexibility index (Phi) is 5.84. The normalized spacial score (nSPS) is 19.6. The van der Waals surface area contributed by atoms with E-state index in [0.29, 0.717) is 24.6 Å². The van der Waals surface area contributed by atoms with Gasteiger partial charge in [0.25, 0.3) is 0 Å². The van der Waals surface area contributed by atoms with E-state index < -0.39 is 0 Å². The summed E-state index contributed by atoms with van der Waals surface area (Å²) in [5, 5.41) is 0.691. The maximum Gasteiger partial charge on any atom is 0.227 e. The van der Waals surface area contributed by atoms with Crippen molar-refractivity contribution in [1.82, 2.24) is 4.90 Å². The van der Waals surface area contributed by atoms with Crippen molar-refractivity contribution in [1.29, 1.82) is 0 Å². The number of nitrogens with two attached hydrogens (primary N) is 1. The molecule has 1 fully saturated rings. The molecular weight excluding hydrogens is 348 g/mol. The predicted octanol–water partition coefficient (Wildman–Crippen LogP) is 3.66. The third kappa shape index (κ3) is 4.57. The van der Waals surface area contributed by atoms with Crippen LogP contribution in [0.25, 0.3) is 0 Å². The third-order valence-corrected chi connectivity index (χ3v) is 5.38. The van der Waals surface area contributed by atoms with Gasteiger partial charge in [0.05, 0.1) is 6.42 Å². The molecule has 0 radical (unpaired) electrons. The minimum Gasteiger partial charge on any atom is -0.489 e. The zero-order valence-electron chi connectivity index (χ0n) is 15.1. The summed E-state index contributed by atoms with van der Waals surface area (Å²) in [6, 6.07) is 15.3. The number of hydrogen-bond donors (Lipinski definition) is 1. The Morgan fingerprint density at radius 2 is 2.08 bits per heavy atom. The van der Waals surface area contributed by atoms with Crippen LogP contribution < -0.4 is 10.5 Å². The number of ether oxygens (including phenoxy) is 1. The molecule has 2 aromatic rings. The topological polar surface area (TPSA) is 55.6 Å². The number of halogens is 1. The van der Waals surface area contributed by atoms with Crippen molar-refractivity contribution in [3.8, 4) is 5.75 Å². The first-order valence-corrected chi connectivity index (χ1v) is 9.30. The number of nitrogens with zero attached hydrogens (tertiary/aromatic N) is 1. The van der Waals surface area contributed by atoms with Crippen LogP contribution in [-0.2, 0) is 17.8 Å². The molecule has 1 unspecified atom stereocenters. The van der Waals surface area contributed by atoms with Gasteiger partial charge in [-0.25, -0.2) is 0 Å². The van der Waals surface area contributed by atoms with Crippen molar-refractivity contribution in [3.05, 3.63) is 64.7 Å². The van der Waals surface area contributed by atoms with Gasteiger partial charge in [-0.1, -0.05) is 48.9 Å². The minimum atomic E-state index is 0.0512. The zero-order valence-corrected chi connectivity index (χ0v) is 15.8. The lowest BCUT2D eigenvalue weighted by Gasteiger charge is -2.22. The van der Waals surface area contributed by atoms with Gasteiger partial charge in [-0.15, -0.1) is 0 Å². The second-order valence-electron chi connectivity index (χ2n) is 7.28. The van der Waals surface area contributed by atoms with E-state index in [1.165, 1.54) is 0 Å². The van der Waals surface area contributed by atoms with Crippen molar-refractivity contribution in [2.24, 2.45) is 11.1 Å². The van der Waals surface area contributed by atoms with Crippen molar-refractivity contribution in [2.45, 2.75) is 26.4 Å². The average molecular weight is 373 g/mol. The third-order valence-electron chi connectivity index (χ3n) is 5.01. The number of benzene rings is 2. The number of likely N-dealkylation sites (tertiary alicyclic amines) is 1. The smallest absolute Gasteiger partial charge is 0.227 e. The van der Waals surface area contributed by atoms with E-state index in [4.69, 9.17) is 22.1 Å². The van der Waals surface area contributed by atoms with E-state index in [9.17, 15) is 4.79 Å². The molecule has 4 nitrogen and oxygen atoms in total. The van der Waals surface area contributed by atoms with Crippen LogP contribution in [0.5, 0.6) is 5.75 Å². The Hall–Kier alpha value is -2.04. The Morgan fingerprint density at radius 3 is 2.81 bits per heavy atom. The number of carbonyl (C=O) groups is 1. The van der Waals surface area contributed by atoms with E-state index in [-0.39, 0.29) is 11.3 Å². The Labute approximate surface area is 159 Å². The van der Waals surface area contributed by atoms with Crippen LogP contribution in [-0.4, -0.2) is 30.4 Å². The van der Waals surface area contributed by atoms with Crippen LogP contribution in [0.2, 0.25) is 5.02 Å². The van der Waals surface area contributed by atoms with Crippen LogP contribution in [0, 0.1) is 5.41 Å². The van der Waals surface area contributed by atoms with Crippen molar-refractivity contribution in [3.63, 3.8) is 0 Å². The number of hydrogen-bond acceptors (Lipinski definition) is 3. The van der Waals surface area contributed by atoms with Crippen molar-refractivity contribution in [2.75, 3.05) is 19.6 Å². The van der Waals surface area contributed by atoms with E-state index in [1.807, 2.05) is 53.4 Å². The highest BCUT2D eigenvalue weighted by molar-refractivity contribution is 6.31. The van der Waals surface area contributed by atoms with E-state index in [0.717, 1.165) is 36.4 Å². The highest BCUT2D eigenvalue weighted by Gasteiger charge is 2.34. The lowest BCUT2D eigenvalue weighted by molar-refractivity contribution is -0.129. The number of carbonyl (C=O) groups excluding carboxylic acids is 1. The Bertz CT molecular complexity index is 780. The van der Waals surface area contributed by atoms with Gasteiger partial charge in [-0.2, -0.15) is 0 Å². The monoisotopic (exact) mass is 372 g/mol. The fraction of sp³-hybridized carbons (Fsp3) is 0.381. The second-order valence-corrected chi connectivity index (χ2v) is 7.69. The summed E-state index contributed by atoms with van der Waals surface area (Å²) in [5.41, 5.74) is 7.77. The highest BCUT2D eigenvalue weighted by Crippen LogP contribution is 2.29. The molecule has 0 saturated carbocycles. The molecule has 1 saturated heterocycles. The number of rotatable bonds is 6. The summed E-state index contributed by atoms with van der Waals surface area (Å²) in [5.74, 6) is 0.883. The predicted molar refractivity (Wildman–Crippen MR) is 104 cm³/mol. The van der Waals surface area contributed by atoms with Crippen molar-refractivity contribution < 1.29 is 9.53 Å². The molecule has 1 aliphatic rings. The summed E-state index contributed by atoms with van der Waals surface area (Å²) in [4.78, 5) is 14.5. The van der Waals surface area contributed by atoms with Gasteiger partial charge in [0.1, 0.15) is 12.4 Å². The fourth-order valence-electron chi connectivity index (χ4n) is 3.21. The second kappa shape index (κ2) is 8.11. The van der Waals surface area contributed by atoms with Crippen LogP contribution in [0.1, 0.15) is 24.5 Å². The minimum absolute atomic E-state index is 0.0512. The molecule has 138 valence electrons. The molecule has 3 rings (SSSR count). The van der Waals surface area contributed by atoms with E-state index in [1.54, 1.807) is 0 Å². The van der Waals surface area contributed by atoms with E-state index in [2.05, 4.69) is 6.92 Å². The van der Waals surface area contributed by atoms with Gasteiger partial charge >= 0.3 is 0 Å². The molecule has 26 heavy (non-hydrogen) atoms. The summed E-state index contributed by atoms with van der Waals surface area (Å²) in [6.07, 6.45) is 1.35. The summed E-state index contributed by atoms with van der Waals surface area (Å²) < 4.78 is 5.85. The summed E-state index contributed by atoms with van der Waals surface area (Å²) in [7, 11) is 0. The van der Waals surface area contributed by atoms with Crippen LogP contribution >= 0.6 is 11.6 Å². The first-order valence-electron chi connectivity index (χ1n) is 8.92. The van der Waals surface area contributed by atoms with Gasteiger partial charge in [0.2, 0.25) is 5.91 Å². The summed E-state index contributed by atoms with van der Waals surface area (Å²) >= 11 is 6.16. The van der Waals surface area contributed by atoms with E-state index >= 15 is 0 Å². The van der Waals surface area contributed by atoms with Gasteiger partial charge in [-0.05, 0) is 42.1 Å². The number of amides is 1. The van der Waals surface area contributed by atoms with Crippen LogP contribution in [0.3, 0.4) is 0 Å². The largest absolute Gasteiger partial charge is 0.489 e. The first kappa shape index (κ1) is 18.7. The molecule has 1 aliphatic heterocycles. The van der Waals surface area contributed by atoms with Gasteiger partial charge < -0.3 is 15.4 Å². The molecule has 1 amide bonds. The van der Waals surface area contributed by atoms with Gasteiger partial charge in [-0.3, -0.25) is 4.79 Å². The van der Waals surface area contributed by atoms with Crippen LogP contribution in [0.4, 0.5) is 0 Å². The summed E-state index contributed by atoms with van der Waals surface area (Å²) in [6.45, 7) is 4.68. The SMILES string of the molecule is CC1(CN)CCN(C(=O)Cc2cccc(OCc3ccccc3Cl)c2)C1. The molecule has 1 heterocycles. The lowest BCUT2D eigenvalue weighted by Crippen LogP contribution is -2.35. The molecule has 2 aromatic carbocycles. The Morgan fingerprint density at radius 1 is 1.27 bits per heavy atom. The fourth-order valence-corrected chi connectivity index (χ4v) is 3.40. The molecule has 0 aliphatic carbocycles. The van der Waals surface area contributed by atoms with Crippen molar-refractivity contribution >= 4 is 17.5 Å². The van der Waals surface area contributed by atoms with Crippen LogP contribution in [0.15, 0.2) is 48.5 Å². The molecule has 5 heteroatoms. The Balaban J connectivity index is 1.59. The molecular formula is C21H25ClN2O2. The first-order chi connectivity index (χ1) is 12.5. The maximum absolute atomic E-state index is 12.6. The lowest BCUT2D eigenvalue weighted by atomic mass is 9.90. The van der Waals surface area contributed by atoms with Gasteiger partial charge in [0, 0.05) is 23.7 Å².